The molecule has 118 valence electrons. The molecule has 1 heterocycles. The minimum absolute atomic E-state index is 0.00215. The number of benzene rings is 2. The summed E-state index contributed by atoms with van der Waals surface area (Å²) in [7, 11) is 0. The molecule has 2 amide bonds. The van der Waals surface area contributed by atoms with Crippen LogP contribution in [0.15, 0.2) is 54.6 Å². The second kappa shape index (κ2) is 6.65. The molecule has 0 bridgehead atoms. The van der Waals surface area contributed by atoms with E-state index in [-0.39, 0.29) is 24.2 Å². The molecule has 1 aliphatic heterocycles. The number of anilines is 2. The minimum atomic E-state index is -0.312. The molecule has 3 rings (SSSR count). The SMILES string of the molecule is CCc1ccc(NC(=O)[C@@H]2CC(=O)N(c3ccccc3)C2)cc1. The fourth-order valence-electron chi connectivity index (χ4n) is 2.81. The van der Waals surface area contributed by atoms with Gasteiger partial charge in [0.25, 0.3) is 0 Å². The normalized spacial score (nSPS) is 17.3. The number of aryl methyl sites for hydroxylation is 1. The van der Waals surface area contributed by atoms with Gasteiger partial charge in [-0.25, -0.2) is 0 Å². The number of rotatable bonds is 4. The first-order valence-electron chi connectivity index (χ1n) is 7.92. The van der Waals surface area contributed by atoms with Crippen LogP contribution in [0, 0.1) is 5.92 Å². The zero-order valence-electron chi connectivity index (χ0n) is 13.2. The molecule has 0 radical (unpaired) electrons. The topological polar surface area (TPSA) is 49.4 Å². The Kier molecular flexibility index (Phi) is 4.42. The summed E-state index contributed by atoms with van der Waals surface area (Å²) in [5.74, 6) is -0.410. The Bertz CT molecular complexity index is 695. The highest BCUT2D eigenvalue weighted by molar-refractivity contribution is 6.03. The van der Waals surface area contributed by atoms with Crippen LogP contribution < -0.4 is 10.2 Å². The van der Waals surface area contributed by atoms with Gasteiger partial charge in [0.15, 0.2) is 0 Å². The fourth-order valence-corrected chi connectivity index (χ4v) is 2.81. The van der Waals surface area contributed by atoms with Gasteiger partial charge < -0.3 is 10.2 Å². The van der Waals surface area contributed by atoms with Crippen molar-refractivity contribution in [2.75, 3.05) is 16.8 Å². The Morgan fingerprint density at radius 2 is 1.83 bits per heavy atom. The standard InChI is InChI=1S/C19H20N2O2/c1-2-14-8-10-16(11-9-14)20-19(23)15-12-18(22)21(13-15)17-6-4-3-5-7-17/h3-11,15H,2,12-13H2,1H3,(H,20,23)/t15-/m1/s1. The molecule has 1 fully saturated rings. The predicted molar refractivity (Wildman–Crippen MR) is 91.4 cm³/mol. The predicted octanol–water partition coefficient (Wildman–Crippen LogP) is 3.24. The zero-order valence-corrected chi connectivity index (χ0v) is 13.2. The molecule has 0 spiro atoms. The highest BCUT2D eigenvalue weighted by Gasteiger charge is 2.35. The smallest absolute Gasteiger partial charge is 0.229 e. The third-order valence-corrected chi connectivity index (χ3v) is 4.19. The summed E-state index contributed by atoms with van der Waals surface area (Å²) in [5.41, 5.74) is 2.85. The van der Waals surface area contributed by atoms with Gasteiger partial charge >= 0.3 is 0 Å². The van der Waals surface area contributed by atoms with Crippen molar-refractivity contribution in [2.24, 2.45) is 5.92 Å². The molecule has 0 saturated carbocycles. The third-order valence-electron chi connectivity index (χ3n) is 4.19. The van der Waals surface area contributed by atoms with E-state index in [1.165, 1.54) is 5.56 Å². The Labute approximate surface area is 136 Å². The highest BCUT2D eigenvalue weighted by atomic mass is 16.2. The van der Waals surface area contributed by atoms with E-state index in [4.69, 9.17) is 0 Å². The molecule has 4 heteroatoms. The summed E-state index contributed by atoms with van der Waals surface area (Å²) in [6.45, 7) is 2.53. The van der Waals surface area contributed by atoms with Crippen LogP contribution in [-0.2, 0) is 16.0 Å². The maximum absolute atomic E-state index is 12.4. The first-order chi connectivity index (χ1) is 11.2. The van der Waals surface area contributed by atoms with Crippen LogP contribution in [-0.4, -0.2) is 18.4 Å². The van der Waals surface area contributed by atoms with Crippen LogP contribution in [0.4, 0.5) is 11.4 Å². The molecule has 0 aliphatic carbocycles. The number of nitrogens with one attached hydrogen (secondary N) is 1. The van der Waals surface area contributed by atoms with E-state index in [0.29, 0.717) is 6.54 Å². The van der Waals surface area contributed by atoms with E-state index in [9.17, 15) is 9.59 Å². The molecule has 0 unspecified atom stereocenters. The number of para-hydroxylation sites is 1. The number of carbonyl (C=O) groups is 2. The van der Waals surface area contributed by atoms with Gasteiger partial charge in [0.2, 0.25) is 11.8 Å². The lowest BCUT2D eigenvalue weighted by atomic mass is 10.1. The van der Waals surface area contributed by atoms with E-state index in [2.05, 4.69) is 12.2 Å². The molecule has 1 aliphatic rings. The summed E-state index contributed by atoms with van der Waals surface area (Å²) < 4.78 is 0. The lowest BCUT2D eigenvalue weighted by Gasteiger charge is -2.16. The van der Waals surface area contributed by atoms with Crippen LogP contribution in [0.5, 0.6) is 0 Å². The molecule has 2 aromatic carbocycles. The minimum Gasteiger partial charge on any atom is -0.326 e. The summed E-state index contributed by atoms with van der Waals surface area (Å²) in [6.07, 6.45) is 1.23. The maximum atomic E-state index is 12.4. The Morgan fingerprint density at radius 3 is 2.48 bits per heavy atom. The summed E-state index contributed by atoms with van der Waals surface area (Å²) in [5, 5.41) is 2.91. The van der Waals surface area contributed by atoms with Crippen molar-refractivity contribution in [1.29, 1.82) is 0 Å². The van der Waals surface area contributed by atoms with Gasteiger partial charge in [-0.05, 0) is 36.2 Å². The molecular weight excluding hydrogens is 288 g/mol. The quantitative estimate of drug-likeness (QED) is 0.942. The van der Waals surface area contributed by atoms with Crippen molar-refractivity contribution < 1.29 is 9.59 Å². The van der Waals surface area contributed by atoms with Gasteiger partial charge in [0, 0.05) is 24.3 Å². The molecule has 0 aromatic heterocycles. The number of nitrogens with zero attached hydrogens (tertiary/aromatic N) is 1. The van der Waals surface area contributed by atoms with Crippen LogP contribution in [0.3, 0.4) is 0 Å². The van der Waals surface area contributed by atoms with Crippen molar-refractivity contribution in [3.8, 4) is 0 Å². The Morgan fingerprint density at radius 1 is 1.13 bits per heavy atom. The lowest BCUT2D eigenvalue weighted by molar-refractivity contribution is -0.122. The monoisotopic (exact) mass is 308 g/mol. The van der Waals surface area contributed by atoms with E-state index in [1.54, 1.807) is 4.90 Å². The lowest BCUT2D eigenvalue weighted by Crippen LogP contribution is -2.28. The molecule has 23 heavy (non-hydrogen) atoms. The summed E-state index contributed by atoms with van der Waals surface area (Å²) >= 11 is 0. The van der Waals surface area contributed by atoms with Crippen molar-refractivity contribution in [3.63, 3.8) is 0 Å². The van der Waals surface area contributed by atoms with Crippen LogP contribution >= 0.6 is 0 Å². The molecule has 1 saturated heterocycles. The molecule has 1 atom stereocenters. The number of hydrogen-bond donors (Lipinski definition) is 1. The number of amides is 2. The maximum Gasteiger partial charge on any atom is 0.229 e. The highest BCUT2D eigenvalue weighted by Crippen LogP contribution is 2.25. The second-order valence-electron chi connectivity index (χ2n) is 5.78. The van der Waals surface area contributed by atoms with Crippen molar-refractivity contribution in [1.82, 2.24) is 0 Å². The third kappa shape index (κ3) is 3.42. The number of hydrogen-bond acceptors (Lipinski definition) is 2. The second-order valence-corrected chi connectivity index (χ2v) is 5.78. The van der Waals surface area contributed by atoms with E-state index in [1.807, 2.05) is 54.6 Å². The Hall–Kier alpha value is -2.62. The zero-order chi connectivity index (χ0) is 16.2. The van der Waals surface area contributed by atoms with Crippen LogP contribution in [0.1, 0.15) is 18.9 Å². The summed E-state index contributed by atoms with van der Waals surface area (Å²) in [6, 6.07) is 17.3. The van der Waals surface area contributed by atoms with E-state index in [0.717, 1.165) is 17.8 Å². The van der Waals surface area contributed by atoms with Crippen molar-refractivity contribution in [3.05, 3.63) is 60.2 Å². The average molecular weight is 308 g/mol. The first-order valence-corrected chi connectivity index (χ1v) is 7.92. The van der Waals surface area contributed by atoms with Gasteiger partial charge in [-0.3, -0.25) is 9.59 Å². The fraction of sp³-hybridized carbons (Fsp3) is 0.263. The van der Waals surface area contributed by atoms with Crippen molar-refractivity contribution >= 4 is 23.2 Å². The molecular formula is C19H20N2O2. The van der Waals surface area contributed by atoms with Crippen molar-refractivity contribution in [2.45, 2.75) is 19.8 Å². The van der Waals surface area contributed by atoms with Gasteiger partial charge in [0.1, 0.15) is 0 Å². The number of carbonyl (C=O) groups excluding carboxylic acids is 2. The largest absolute Gasteiger partial charge is 0.326 e. The molecule has 4 nitrogen and oxygen atoms in total. The van der Waals surface area contributed by atoms with Crippen LogP contribution in [0.2, 0.25) is 0 Å². The average Bonchev–Trinajstić information content (AvgIpc) is 2.98. The first kappa shape index (κ1) is 15.3. The van der Waals surface area contributed by atoms with Gasteiger partial charge in [-0.15, -0.1) is 0 Å². The van der Waals surface area contributed by atoms with E-state index < -0.39 is 0 Å². The van der Waals surface area contributed by atoms with Gasteiger partial charge in [-0.1, -0.05) is 37.3 Å². The molecule has 1 N–H and O–H groups in total. The van der Waals surface area contributed by atoms with Gasteiger partial charge in [0.05, 0.1) is 5.92 Å². The molecule has 2 aromatic rings. The van der Waals surface area contributed by atoms with Crippen LogP contribution in [0.25, 0.3) is 0 Å². The summed E-state index contributed by atoms with van der Waals surface area (Å²) in [4.78, 5) is 26.3. The Balaban J connectivity index is 1.65. The van der Waals surface area contributed by atoms with E-state index >= 15 is 0 Å². The van der Waals surface area contributed by atoms with Gasteiger partial charge in [-0.2, -0.15) is 0 Å².